The summed E-state index contributed by atoms with van der Waals surface area (Å²) >= 11 is 0. The Labute approximate surface area is 95.5 Å². The van der Waals surface area contributed by atoms with E-state index >= 15 is 0 Å². The second-order valence-corrected chi connectivity index (χ2v) is 4.04. The average Bonchev–Trinajstić information content (AvgIpc) is 2.24. The van der Waals surface area contributed by atoms with Crippen LogP contribution in [0.15, 0.2) is 0 Å². The minimum Gasteiger partial charge on any atom is -0.466 e. The zero-order valence-corrected chi connectivity index (χ0v) is 10.1. The molecule has 0 aliphatic carbocycles. The smallest absolute Gasteiger partial charge is 0.310 e. The number of methoxy groups -OCH3 is 1. The third-order valence-corrected chi connectivity index (χ3v) is 3.07. The Hall–Kier alpha value is -1.10. The molecule has 1 fully saturated rings. The molecule has 0 unspecified atom stereocenters. The van der Waals surface area contributed by atoms with Crippen molar-refractivity contribution in [2.45, 2.75) is 32.9 Å². The number of carbonyl (C=O) groups is 2. The molecule has 0 bridgehead atoms. The highest BCUT2D eigenvalue weighted by atomic mass is 16.5. The largest absolute Gasteiger partial charge is 0.466 e. The lowest BCUT2D eigenvalue weighted by molar-refractivity contribution is -0.156. The maximum atomic E-state index is 11.5. The molecular weight excluding hydrogens is 210 g/mol. The van der Waals surface area contributed by atoms with E-state index in [1.165, 1.54) is 0 Å². The highest BCUT2D eigenvalue weighted by molar-refractivity contribution is 5.89. The van der Waals surface area contributed by atoms with Crippen LogP contribution in [-0.4, -0.2) is 37.7 Å². The third kappa shape index (κ3) is 2.35. The lowest BCUT2D eigenvalue weighted by atomic mass is 9.79. The van der Waals surface area contributed by atoms with E-state index in [0.29, 0.717) is 6.61 Å². The molecule has 0 aromatic heterocycles. The van der Waals surface area contributed by atoms with Gasteiger partial charge in [-0.1, -0.05) is 0 Å². The minimum absolute atomic E-state index is 0.0597. The standard InChI is InChI=1S/C11H19NO4/c1-5-16-11(14)6(2)9-8(7(3)15-4)10(13)12-9/h6-9H,5H2,1-4H3,(H,12,13)/t6-,7-,8-,9-/m1/s1. The first-order chi connectivity index (χ1) is 7.52. The number of ether oxygens (including phenoxy) is 2. The Balaban J connectivity index is 2.60. The van der Waals surface area contributed by atoms with Crippen LogP contribution in [0.3, 0.4) is 0 Å². The predicted molar refractivity (Wildman–Crippen MR) is 57.7 cm³/mol. The molecule has 16 heavy (non-hydrogen) atoms. The first-order valence-electron chi connectivity index (χ1n) is 5.52. The van der Waals surface area contributed by atoms with E-state index in [9.17, 15) is 9.59 Å². The SMILES string of the molecule is CCOC(=O)[C@H](C)[C@H]1NC(=O)[C@@H]1[C@@H](C)OC. The van der Waals surface area contributed by atoms with Gasteiger partial charge < -0.3 is 14.8 Å². The number of hydrogen-bond donors (Lipinski definition) is 1. The van der Waals surface area contributed by atoms with Gasteiger partial charge in [-0.15, -0.1) is 0 Å². The Kier molecular flexibility index (Phi) is 4.29. The molecule has 1 amide bonds. The quantitative estimate of drug-likeness (QED) is 0.545. The molecular formula is C11H19NO4. The van der Waals surface area contributed by atoms with Gasteiger partial charge in [-0.2, -0.15) is 0 Å². The normalized spacial score (nSPS) is 27.6. The fraction of sp³-hybridized carbons (Fsp3) is 0.818. The van der Waals surface area contributed by atoms with E-state index in [2.05, 4.69) is 5.32 Å². The first kappa shape index (κ1) is 13.0. The Morgan fingerprint density at radius 2 is 2.12 bits per heavy atom. The third-order valence-electron chi connectivity index (χ3n) is 3.07. The summed E-state index contributed by atoms with van der Waals surface area (Å²) in [6.07, 6.45) is -0.185. The summed E-state index contributed by atoms with van der Waals surface area (Å²) in [6, 6.07) is -0.179. The van der Waals surface area contributed by atoms with Crippen molar-refractivity contribution in [1.82, 2.24) is 5.32 Å². The molecule has 5 nitrogen and oxygen atoms in total. The van der Waals surface area contributed by atoms with Gasteiger partial charge in [-0.3, -0.25) is 9.59 Å². The maximum absolute atomic E-state index is 11.5. The molecule has 5 heteroatoms. The molecule has 1 N–H and O–H groups in total. The van der Waals surface area contributed by atoms with Crippen molar-refractivity contribution in [3.63, 3.8) is 0 Å². The molecule has 0 aromatic rings. The van der Waals surface area contributed by atoms with Crippen molar-refractivity contribution in [1.29, 1.82) is 0 Å². The van der Waals surface area contributed by atoms with Gasteiger partial charge in [0.05, 0.1) is 30.6 Å². The van der Waals surface area contributed by atoms with Crippen LogP contribution in [0.5, 0.6) is 0 Å². The summed E-state index contributed by atoms with van der Waals surface area (Å²) < 4.78 is 10.1. The molecule has 1 heterocycles. The predicted octanol–water partition coefficient (Wildman–Crippen LogP) is 0.335. The Morgan fingerprint density at radius 1 is 1.50 bits per heavy atom. The van der Waals surface area contributed by atoms with Crippen LogP contribution < -0.4 is 5.32 Å². The van der Waals surface area contributed by atoms with E-state index in [0.717, 1.165) is 0 Å². The van der Waals surface area contributed by atoms with Gasteiger partial charge in [0.15, 0.2) is 0 Å². The van der Waals surface area contributed by atoms with Crippen molar-refractivity contribution in [3.05, 3.63) is 0 Å². The summed E-state index contributed by atoms with van der Waals surface area (Å²) in [6.45, 7) is 5.71. The van der Waals surface area contributed by atoms with Crippen molar-refractivity contribution in [2.24, 2.45) is 11.8 Å². The van der Waals surface area contributed by atoms with Gasteiger partial charge in [0, 0.05) is 7.11 Å². The molecule has 1 rings (SSSR count). The molecule has 4 atom stereocenters. The monoisotopic (exact) mass is 229 g/mol. The molecule has 0 radical (unpaired) electrons. The molecule has 0 saturated carbocycles. The fourth-order valence-electron chi connectivity index (χ4n) is 1.93. The van der Waals surface area contributed by atoms with Gasteiger partial charge in [0.2, 0.25) is 5.91 Å². The number of rotatable bonds is 5. The van der Waals surface area contributed by atoms with Crippen LogP contribution in [-0.2, 0) is 19.1 Å². The molecule has 92 valence electrons. The van der Waals surface area contributed by atoms with Crippen LogP contribution in [0, 0.1) is 11.8 Å². The number of β-lactam (4-membered cyclic amide) rings is 1. The molecule has 1 aliphatic heterocycles. The van der Waals surface area contributed by atoms with Crippen molar-refractivity contribution >= 4 is 11.9 Å². The highest BCUT2D eigenvalue weighted by Crippen LogP contribution is 2.27. The van der Waals surface area contributed by atoms with Gasteiger partial charge in [-0.25, -0.2) is 0 Å². The topological polar surface area (TPSA) is 64.6 Å². The average molecular weight is 229 g/mol. The lowest BCUT2D eigenvalue weighted by Crippen LogP contribution is -2.65. The second-order valence-electron chi connectivity index (χ2n) is 4.04. The maximum Gasteiger partial charge on any atom is 0.310 e. The summed E-state index contributed by atoms with van der Waals surface area (Å²) in [5, 5.41) is 2.73. The molecule has 0 aromatic carbocycles. The summed E-state index contributed by atoms with van der Waals surface area (Å²) in [5.41, 5.74) is 0. The van der Waals surface area contributed by atoms with Crippen LogP contribution in [0.25, 0.3) is 0 Å². The second kappa shape index (κ2) is 5.30. The van der Waals surface area contributed by atoms with Crippen molar-refractivity contribution < 1.29 is 19.1 Å². The molecule has 1 aliphatic rings. The number of esters is 1. The van der Waals surface area contributed by atoms with E-state index in [1.54, 1.807) is 21.0 Å². The van der Waals surface area contributed by atoms with E-state index in [4.69, 9.17) is 9.47 Å². The molecule has 0 spiro atoms. The zero-order chi connectivity index (χ0) is 12.3. The van der Waals surface area contributed by atoms with Crippen LogP contribution >= 0.6 is 0 Å². The zero-order valence-electron chi connectivity index (χ0n) is 10.1. The van der Waals surface area contributed by atoms with Crippen LogP contribution in [0.4, 0.5) is 0 Å². The molecule has 1 saturated heterocycles. The summed E-state index contributed by atoms with van der Waals surface area (Å²) in [5.74, 6) is -0.930. The minimum atomic E-state index is -0.333. The fourth-order valence-corrected chi connectivity index (χ4v) is 1.93. The van der Waals surface area contributed by atoms with Crippen LogP contribution in [0.2, 0.25) is 0 Å². The number of nitrogens with one attached hydrogen (secondary N) is 1. The number of carbonyl (C=O) groups excluding carboxylic acids is 2. The highest BCUT2D eigenvalue weighted by Gasteiger charge is 2.48. The van der Waals surface area contributed by atoms with Gasteiger partial charge >= 0.3 is 5.97 Å². The summed E-state index contributed by atoms with van der Waals surface area (Å²) in [7, 11) is 1.56. The number of amides is 1. The van der Waals surface area contributed by atoms with Gasteiger partial charge in [0.1, 0.15) is 0 Å². The summed E-state index contributed by atoms with van der Waals surface area (Å²) in [4.78, 5) is 22.9. The van der Waals surface area contributed by atoms with Crippen LogP contribution in [0.1, 0.15) is 20.8 Å². The Morgan fingerprint density at radius 3 is 2.56 bits per heavy atom. The van der Waals surface area contributed by atoms with E-state index < -0.39 is 0 Å². The van der Waals surface area contributed by atoms with Gasteiger partial charge in [-0.05, 0) is 20.8 Å². The Bertz CT molecular complexity index is 279. The van der Waals surface area contributed by atoms with E-state index in [1.807, 2.05) is 6.92 Å². The van der Waals surface area contributed by atoms with E-state index in [-0.39, 0.29) is 35.9 Å². The number of hydrogen-bond acceptors (Lipinski definition) is 4. The van der Waals surface area contributed by atoms with Crippen molar-refractivity contribution in [2.75, 3.05) is 13.7 Å². The first-order valence-corrected chi connectivity index (χ1v) is 5.52. The van der Waals surface area contributed by atoms with Crippen molar-refractivity contribution in [3.8, 4) is 0 Å². The van der Waals surface area contributed by atoms with Gasteiger partial charge in [0.25, 0.3) is 0 Å². The lowest BCUT2D eigenvalue weighted by Gasteiger charge is -2.42.